The highest BCUT2D eigenvalue weighted by atomic mass is 127. The van der Waals surface area contributed by atoms with Gasteiger partial charge in [0.2, 0.25) is 0 Å². The lowest BCUT2D eigenvalue weighted by molar-refractivity contribution is -0.143. The van der Waals surface area contributed by atoms with E-state index in [0.29, 0.717) is 25.4 Å². The fourth-order valence-corrected chi connectivity index (χ4v) is 4.21. The summed E-state index contributed by atoms with van der Waals surface area (Å²) < 4.78 is 37.0. The standard InChI is InChI=1S/C19H29F3N4S.HI/c1-23-18(24-10-6-11-25(2)15-19(20,21)22)26-12-9-16(13-26)14-27-17-7-4-3-5-8-17;/h3-5,7-8,16H,6,9-15H2,1-2H3,(H,23,24);1H. The van der Waals surface area contributed by atoms with Gasteiger partial charge in [0.1, 0.15) is 0 Å². The maximum atomic E-state index is 12.3. The Labute approximate surface area is 187 Å². The van der Waals surface area contributed by atoms with Crippen LogP contribution in [0.4, 0.5) is 13.2 Å². The summed E-state index contributed by atoms with van der Waals surface area (Å²) in [4.78, 5) is 9.17. The summed E-state index contributed by atoms with van der Waals surface area (Å²) in [6, 6.07) is 10.4. The second-order valence-electron chi connectivity index (χ2n) is 6.91. The fourth-order valence-electron chi connectivity index (χ4n) is 3.16. The number of guanidine groups is 1. The largest absolute Gasteiger partial charge is 0.401 e. The first-order valence-electron chi connectivity index (χ1n) is 9.26. The molecule has 2 rings (SSSR count). The molecule has 1 atom stereocenters. The molecule has 0 amide bonds. The third-order valence-corrected chi connectivity index (χ3v) is 5.72. The Balaban J connectivity index is 0.00000392. The Morgan fingerprint density at radius 3 is 2.68 bits per heavy atom. The molecule has 0 aliphatic carbocycles. The number of benzene rings is 1. The van der Waals surface area contributed by atoms with E-state index in [2.05, 4.69) is 39.5 Å². The van der Waals surface area contributed by atoms with Crippen LogP contribution in [0.25, 0.3) is 0 Å². The van der Waals surface area contributed by atoms with E-state index in [-0.39, 0.29) is 24.0 Å². The number of nitrogens with zero attached hydrogens (tertiary/aromatic N) is 3. The smallest absolute Gasteiger partial charge is 0.356 e. The minimum absolute atomic E-state index is 0. The monoisotopic (exact) mass is 530 g/mol. The molecule has 0 bridgehead atoms. The quantitative estimate of drug-likeness (QED) is 0.180. The number of halogens is 4. The topological polar surface area (TPSA) is 30.9 Å². The number of likely N-dealkylation sites (tertiary alicyclic amines) is 1. The Bertz CT molecular complexity index is 586. The molecule has 1 saturated heterocycles. The van der Waals surface area contributed by atoms with Gasteiger partial charge in [-0.25, -0.2) is 0 Å². The molecule has 1 heterocycles. The van der Waals surface area contributed by atoms with Gasteiger partial charge in [-0.1, -0.05) is 18.2 Å². The molecule has 1 aliphatic rings. The van der Waals surface area contributed by atoms with Crippen LogP contribution < -0.4 is 5.32 Å². The van der Waals surface area contributed by atoms with Crippen LogP contribution >= 0.6 is 35.7 Å². The van der Waals surface area contributed by atoms with Crippen molar-refractivity contribution in [3.05, 3.63) is 30.3 Å². The molecule has 1 fully saturated rings. The van der Waals surface area contributed by atoms with Crippen LogP contribution in [-0.4, -0.2) is 74.5 Å². The van der Waals surface area contributed by atoms with Gasteiger partial charge >= 0.3 is 6.18 Å². The van der Waals surface area contributed by atoms with Crippen molar-refractivity contribution >= 4 is 41.7 Å². The van der Waals surface area contributed by atoms with E-state index in [1.165, 1.54) is 16.8 Å². The molecule has 0 aromatic heterocycles. The van der Waals surface area contributed by atoms with Gasteiger partial charge in [-0.15, -0.1) is 35.7 Å². The van der Waals surface area contributed by atoms with Crippen LogP contribution in [0.15, 0.2) is 40.2 Å². The summed E-state index contributed by atoms with van der Waals surface area (Å²) in [6.45, 7) is 2.09. The number of rotatable bonds is 8. The Morgan fingerprint density at radius 1 is 1.32 bits per heavy atom. The van der Waals surface area contributed by atoms with Crippen molar-refractivity contribution in [3.8, 4) is 0 Å². The molecule has 1 aromatic rings. The van der Waals surface area contributed by atoms with Gasteiger partial charge in [0, 0.05) is 37.3 Å². The highest BCUT2D eigenvalue weighted by Gasteiger charge is 2.29. The average molecular weight is 530 g/mol. The molecular weight excluding hydrogens is 500 g/mol. The van der Waals surface area contributed by atoms with Gasteiger partial charge < -0.3 is 10.2 Å². The van der Waals surface area contributed by atoms with E-state index in [1.807, 2.05) is 17.8 Å². The second kappa shape index (κ2) is 12.8. The van der Waals surface area contributed by atoms with Crippen molar-refractivity contribution in [2.75, 3.05) is 52.6 Å². The highest BCUT2D eigenvalue weighted by molar-refractivity contribution is 14.0. The van der Waals surface area contributed by atoms with Gasteiger partial charge in [-0.2, -0.15) is 13.2 Å². The molecule has 0 radical (unpaired) electrons. The number of hydrogen-bond acceptors (Lipinski definition) is 3. The van der Waals surface area contributed by atoms with Crippen LogP contribution in [-0.2, 0) is 0 Å². The maximum Gasteiger partial charge on any atom is 0.401 e. The summed E-state index contributed by atoms with van der Waals surface area (Å²) in [5, 5.41) is 3.29. The van der Waals surface area contributed by atoms with E-state index in [4.69, 9.17) is 0 Å². The highest BCUT2D eigenvalue weighted by Crippen LogP contribution is 2.25. The van der Waals surface area contributed by atoms with Crippen LogP contribution in [0.2, 0.25) is 0 Å². The predicted molar refractivity (Wildman–Crippen MR) is 122 cm³/mol. The molecule has 1 aliphatic heterocycles. The SMILES string of the molecule is CN=C(NCCCN(C)CC(F)(F)F)N1CCC(CSc2ccccc2)C1.I. The predicted octanol–water partition coefficient (Wildman–Crippen LogP) is 4.18. The number of thioether (sulfide) groups is 1. The van der Waals surface area contributed by atoms with Crippen molar-refractivity contribution < 1.29 is 13.2 Å². The van der Waals surface area contributed by atoms with Crippen molar-refractivity contribution in [3.63, 3.8) is 0 Å². The van der Waals surface area contributed by atoms with Crippen molar-refractivity contribution in [2.45, 2.75) is 23.9 Å². The second-order valence-corrected chi connectivity index (χ2v) is 8.00. The number of alkyl halides is 3. The zero-order valence-corrected chi connectivity index (χ0v) is 19.6. The number of nitrogens with one attached hydrogen (secondary N) is 1. The van der Waals surface area contributed by atoms with Crippen LogP contribution in [0.3, 0.4) is 0 Å². The molecule has 1 aromatic carbocycles. The summed E-state index contributed by atoms with van der Waals surface area (Å²) in [7, 11) is 3.25. The van der Waals surface area contributed by atoms with Crippen LogP contribution in [0.1, 0.15) is 12.8 Å². The van der Waals surface area contributed by atoms with Gasteiger partial charge in [-0.3, -0.25) is 9.89 Å². The molecule has 0 spiro atoms. The van der Waals surface area contributed by atoms with E-state index in [0.717, 1.165) is 31.2 Å². The molecular formula is C19H30F3IN4S. The van der Waals surface area contributed by atoms with E-state index in [9.17, 15) is 13.2 Å². The van der Waals surface area contributed by atoms with E-state index in [1.54, 1.807) is 7.05 Å². The third kappa shape index (κ3) is 9.69. The molecule has 1 N–H and O–H groups in total. The van der Waals surface area contributed by atoms with Gasteiger partial charge in [0.25, 0.3) is 0 Å². The van der Waals surface area contributed by atoms with Gasteiger partial charge in [0.05, 0.1) is 6.54 Å². The van der Waals surface area contributed by atoms with Crippen molar-refractivity contribution in [2.24, 2.45) is 10.9 Å². The Kier molecular flexibility index (Phi) is 11.6. The fraction of sp³-hybridized carbons (Fsp3) is 0.632. The van der Waals surface area contributed by atoms with E-state index < -0.39 is 12.7 Å². The minimum atomic E-state index is -4.14. The first-order chi connectivity index (χ1) is 12.9. The minimum Gasteiger partial charge on any atom is -0.356 e. The van der Waals surface area contributed by atoms with Crippen molar-refractivity contribution in [1.29, 1.82) is 0 Å². The lowest BCUT2D eigenvalue weighted by Gasteiger charge is -2.23. The average Bonchev–Trinajstić information content (AvgIpc) is 3.08. The van der Waals surface area contributed by atoms with Gasteiger partial charge in [0.15, 0.2) is 5.96 Å². The molecule has 4 nitrogen and oxygen atoms in total. The van der Waals surface area contributed by atoms with Gasteiger partial charge in [-0.05, 0) is 44.5 Å². The number of aliphatic imine (C=N–C) groups is 1. The normalized spacial score (nSPS) is 17.7. The lowest BCUT2D eigenvalue weighted by Crippen LogP contribution is -2.41. The summed E-state index contributed by atoms with van der Waals surface area (Å²) in [5.41, 5.74) is 0. The lowest BCUT2D eigenvalue weighted by atomic mass is 10.2. The molecule has 160 valence electrons. The van der Waals surface area contributed by atoms with Crippen molar-refractivity contribution in [1.82, 2.24) is 15.1 Å². The first kappa shape index (κ1) is 25.4. The third-order valence-electron chi connectivity index (χ3n) is 4.48. The molecule has 0 saturated carbocycles. The summed E-state index contributed by atoms with van der Waals surface area (Å²) in [5.74, 6) is 2.55. The summed E-state index contributed by atoms with van der Waals surface area (Å²) >= 11 is 1.88. The Hall–Kier alpha value is -0.680. The molecule has 28 heavy (non-hydrogen) atoms. The number of hydrogen-bond donors (Lipinski definition) is 1. The molecule has 1 unspecified atom stereocenters. The maximum absolute atomic E-state index is 12.3. The van der Waals surface area contributed by atoms with Crippen LogP contribution in [0, 0.1) is 5.92 Å². The van der Waals surface area contributed by atoms with Crippen LogP contribution in [0.5, 0.6) is 0 Å². The first-order valence-corrected chi connectivity index (χ1v) is 10.2. The summed E-state index contributed by atoms with van der Waals surface area (Å²) in [6.07, 6.45) is -2.36. The zero-order chi connectivity index (χ0) is 19.7. The Morgan fingerprint density at radius 2 is 2.04 bits per heavy atom. The molecule has 9 heteroatoms. The van der Waals surface area contributed by atoms with E-state index >= 15 is 0 Å². The zero-order valence-electron chi connectivity index (χ0n) is 16.4.